The number of nitrogens with zero attached hydrogens (tertiary/aromatic N) is 2. The molecule has 16 heteroatoms. The number of ether oxygens (including phenoxy) is 2. The van der Waals surface area contributed by atoms with Gasteiger partial charge >= 0.3 is 0 Å². The first kappa shape index (κ1) is 39.0. The molecule has 4 N–H and O–H groups in total. The summed E-state index contributed by atoms with van der Waals surface area (Å²) < 4.78 is 40.1. The molecule has 3 fully saturated rings. The van der Waals surface area contributed by atoms with Crippen molar-refractivity contribution < 1.29 is 37.1 Å². The SMILES string of the molecule is C=C[C@@H]1C[C@@]1(C(=O)NS(=O)(=O)C1CC1)N1C[C@H](Oc2ncc(OC)c3ccc(Cl)cc23)C[C@H]1C(=O)NC(=O)[C@H](Nc1cccc(C(=O)NC)c1)C(C)(C)C. The van der Waals surface area contributed by atoms with Gasteiger partial charge in [-0.1, -0.05) is 44.5 Å². The van der Waals surface area contributed by atoms with E-state index >= 15 is 0 Å². The Morgan fingerprint density at radius 3 is 2.48 bits per heavy atom. The Morgan fingerprint density at radius 2 is 1.85 bits per heavy atom. The molecule has 1 aromatic heterocycles. The number of likely N-dealkylation sites (tertiary alicyclic amines) is 1. The molecule has 4 amide bonds. The highest BCUT2D eigenvalue weighted by Gasteiger charge is 2.67. The number of hydrogen-bond donors (Lipinski definition) is 4. The second-order valence-electron chi connectivity index (χ2n) is 15.1. The summed E-state index contributed by atoms with van der Waals surface area (Å²) in [6.07, 6.45) is 3.52. The minimum absolute atomic E-state index is 0.0243. The Morgan fingerprint density at radius 1 is 1.11 bits per heavy atom. The van der Waals surface area contributed by atoms with Crippen LogP contribution in [-0.2, 0) is 24.4 Å². The second kappa shape index (κ2) is 14.8. The number of carbonyl (C=O) groups is 4. The van der Waals surface area contributed by atoms with E-state index in [0.29, 0.717) is 45.6 Å². The number of methoxy groups -OCH3 is 1. The summed E-state index contributed by atoms with van der Waals surface area (Å²) in [5.74, 6) is -2.14. The highest BCUT2D eigenvalue weighted by atomic mass is 35.5. The zero-order valence-corrected chi connectivity index (χ0v) is 32.3. The average molecular weight is 781 g/mol. The van der Waals surface area contributed by atoms with Crippen molar-refractivity contribution in [2.45, 2.75) is 75.4 Å². The summed E-state index contributed by atoms with van der Waals surface area (Å²) in [7, 11) is -0.887. The van der Waals surface area contributed by atoms with Crippen molar-refractivity contribution >= 4 is 61.7 Å². The van der Waals surface area contributed by atoms with E-state index in [0.717, 1.165) is 0 Å². The molecule has 5 atom stereocenters. The monoisotopic (exact) mass is 780 g/mol. The fraction of sp³-hybridized carbons (Fsp3) is 0.447. The molecule has 2 heterocycles. The number of nitrogens with one attached hydrogen (secondary N) is 4. The summed E-state index contributed by atoms with van der Waals surface area (Å²) in [6.45, 7) is 9.41. The standard InChI is InChI=1S/C38H45ClN6O8S/c1-7-22-18-38(22,36(49)44-54(50,51)26-12-13-26)45-20-25(53-35-28-16-23(39)11-14-27(28)30(52-6)19-41-35)17-29(45)33(47)43-34(48)31(37(2,3)4)42-24-10-8-9-21(15-24)32(46)40-5/h7-11,14-16,19,22,25-26,29,31,42H,1,12-13,17-18,20H2,2-6H3,(H,40,46)(H,44,49)(H,43,47,48)/t22-,25-,29+,31+,38-/m1/s1. The smallest absolute Gasteiger partial charge is 0.254 e. The first-order valence-electron chi connectivity index (χ1n) is 17.7. The third-order valence-electron chi connectivity index (χ3n) is 10.3. The van der Waals surface area contributed by atoms with E-state index in [4.69, 9.17) is 21.1 Å². The van der Waals surface area contributed by atoms with Gasteiger partial charge in [-0.2, -0.15) is 0 Å². The molecule has 3 aliphatic rings. The number of carbonyl (C=O) groups excluding carboxylic acids is 4. The molecular weight excluding hydrogens is 736 g/mol. The van der Waals surface area contributed by atoms with Gasteiger partial charge in [0.2, 0.25) is 27.7 Å². The molecule has 3 aromatic rings. The summed E-state index contributed by atoms with van der Waals surface area (Å²) in [4.78, 5) is 60.7. The number of sulfonamides is 1. The van der Waals surface area contributed by atoms with Crippen molar-refractivity contribution in [1.29, 1.82) is 0 Å². The Kier molecular flexibility index (Phi) is 10.7. The largest absolute Gasteiger partial charge is 0.494 e. The van der Waals surface area contributed by atoms with Crippen LogP contribution in [0.1, 0.15) is 56.8 Å². The van der Waals surface area contributed by atoms with E-state index in [9.17, 15) is 27.6 Å². The predicted octanol–water partition coefficient (Wildman–Crippen LogP) is 3.80. The van der Waals surface area contributed by atoms with Crippen molar-refractivity contribution in [3.63, 3.8) is 0 Å². The van der Waals surface area contributed by atoms with E-state index in [2.05, 4.69) is 32.2 Å². The highest BCUT2D eigenvalue weighted by molar-refractivity contribution is 7.91. The maximum absolute atomic E-state index is 14.3. The Balaban J connectivity index is 1.31. The lowest BCUT2D eigenvalue weighted by molar-refractivity contribution is -0.136. The number of imide groups is 1. The van der Waals surface area contributed by atoms with Crippen LogP contribution in [0.2, 0.25) is 5.02 Å². The topological polar surface area (TPSA) is 185 Å². The fourth-order valence-electron chi connectivity index (χ4n) is 7.12. The van der Waals surface area contributed by atoms with Gasteiger partial charge in [-0.15, -0.1) is 6.58 Å². The number of halogens is 1. The van der Waals surface area contributed by atoms with Gasteiger partial charge in [0, 0.05) is 53.0 Å². The lowest BCUT2D eigenvalue weighted by Gasteiger charge is -2.34. The van der Waals surface area contributed by atoms with Crippen LogP contribution in [0.25, 0.3) is 10.8 Å². The molecular formula is C38H45ClN6O8S. The summed E-state index contributed by atoms with van der Waals surface area (Å²) in [6, 6.07) is 9.79. The molecule has 0 spiro atoms. The van der Waals surface area contributed by atoms with Gasteiger partial charge in [-0.05, 0) is 61.1 Å². The summed E-state index contributed by atoms with van der Waals surface area (Å²) >= 11 is 6.35. The molecule has 288 valence electrons. The summed E-state index contributed by atoms with van der Waals surface area (Å²) in [5, 5.41) is 9.37. The third-order valence-corrected chi connectivity index (χ3v) is 12.3. The molecule has 14 nitrogen and oxygen atoms in total. The van der Waals surface area contributed by atoms with Gasteiger partial charge < -0.3 is 20.1 Å². The van der Waals surface area contributed by atoms with Crippen LogP contribution < -0.4 is 30.1 Å². The number of hydrogen-bond acceptors (Lipinski definition) is 11. The van der Waals surface area contributed by atoms with Crippen molar-refractivity contribution in [3.8, 4) is 11.6 Å². The van der Waals surface area contributed by atoms with Crippen LogP contribution in [0, 0.1) is 11.3 Å². The molecule has 1 saturated heterocycles. The van der Waals surface area contributed by atoms with Crippen LogP contribution in [0.3, 0.4) is 0 Å². The molecule has 2 aliphatic carbocycles. The minimum Gasteiger partial charge on any atom is -0.494 e. The van der Waals surface area contributed by atoms with Gasteiger partial charge in [0.15, 0.2) is 0 Å². The fourth-order valence-corrected chi connectivity index (χ4v) is 8.65. The van der Waals surface area contributed by atoms with Crippen molar-refractivity contribution in [2.75, 3.05) is 26.0 Å². The summed E-state index contributed by atoms with van der Waals surface area (Å²) in [5.41, 5.74) is -1.27. The van der Waals surface area contributed by atoms with Gasteiger partial charge in [0.1, 0.15) is 23.4 Å². The number of pyridine rings is 1. The lowest BCUT2D eigenvalue weighted by atomic mass is 9.85. The van der Waals surface area contributed by atoms with E-state index in [1.165, 1.54) is 20.4 Å². The molecule has 0 radical (unpaired) electrons. The van der Waals surface area contributed by atoms with Crippen LogP contribution in [-0.4, -0.2) is 91.6 Å². The Labute approximate surface area is 319 Å². The normalized spacial score (nSPS) is 23.2. The number of benzene rings is 2. The van der Waals surface area contributed by atoms with Crippen LogP contribution >= 0.6 is 11.6 Å². The van der Waals surface area contributed by atoms with Crippen LogP contribution in [0.4, 0.5) is 5.69 Å². The molecule has 0 bridgehead atoms. The maximum atomic E-state index is 14.3. The molecule has 0 unspecified atom stereocenters. The zero-order chi connectivity index (χ0) is 39.2. The number of anilines is 1. The van der Waals surface area contributed by atoms with E-state index < -0.39 is 68.1 Å². The molecule has 1 aliphatic heterocycles. The van der Waals surface area contributed by atoms with Crippen LogP contribution in [0.5, 0.6) is 11.6 Å². The van der Waals surface area contributed by atoms with Crippen molar-refractivity contribution in [2.24, 2.45) is 11.3 Å². The van der Waals surface area contributed by atoms with Crippen LogP contribution in [0.15, 0.2) is 61.3 Å². The van der Waals surface area contributed by atoms with Crippen molar-refractivity contribution in [3.05, 3.63) is 71.9 Å². The van der Waals surface area contributed by atoms with E-state index in [1.54, 1.807) is 53.4 Å². The lowest BCUT2D eigenvalue weighted by Crippen LogP contribution is -2.59. The molecule has 6 rings (SSSR count). The number of fused-ring (bicyclic) bond motifs is 1. The Bertz CT molecular complexity index is 2120. The Hall–Kier alpha value is -4.73. The first-order valence-corrected chi connectivity index (χ1v) is 19.6. The maximum Gasteiger partial charge on any atom is 0.254 e. The number of amides is 4. The minimum atomic E-state index is -3.93. The van der Waals surface area contributed by atoms with Gasteiger partial charge in [0.25, 0.3) is 11.8 Å². The predicted molar refractivity (Wildman–Crippen MR) is 204 cm³/mol. The molecule has 54 heavy (non-hydrogen) atoms. The average Bonchev–Trinajstić information content (AvgIpc) is 4.06. The number of rotatable bonds is 13. The zero-order valence-electron chi connectivity index (χ0n) is 30.8. The van der Waals surface area contributed by atoms with Gasteiger partial charge in [0.05, 0.1) is 24.6 Å². The quantitative estimate of drug-likeness (QED) is 0.185. The highest BCUT2D eigenvalue weighted by Crippen LogP contribution is 2.53. The van der Waals surface area contributed by atoms with Crippen molar-refractivity contribution in [1.82, 2.24) is 25.2 Å². The molecule has 2 saturated carbocycles. The molecule has 2 aromatic carbocycles. The second-order valence-corrected chi connectivity index (χ2v) is 17.5. The van der Waals surface area contributed by atoms with E-state index in [-0.39, 0.29) is 31.2 Å². The third kappa shape index (κ3) is 7.75. The van der Waals surface area contributed by atoms with Gasteiger partial charge in [-0.3, -0.25) is 34.1 Å². The number of aromatic nitrogens is 1. The van der Waals surface area contributed by atoms with Gasteiger partial charge in [-0.25, -0.2) is 13.4 Å². The van der Waals surface area contributed by atoms with E-state index in [1.807, 2.05) is 20.8 Å². The first-order chi connectivity index (χ1) is 25.5.